The highest BCUT2D eigenvalue weighted by Gasteiger charge is 2.26. The van der Waals surface area contributed by atoms with Gasteiger partial charge in [0, 0.05) is 209 Å². The maximum atomic E-state index is 11.9. The zero-order valence-corrected chi connectivity index (χ0v) is 72.2. The van der Waals surface area contributed by atoms with Crippen LogP contribution >= 0.6 is 49.6 Å². The summed E-state index contributed by atoms with van der Waals surface area (Å²) in [5, 5.41) is 15.2. The molecule has 2 aliphatic heterocycles. The van der Waals surface area contributed by atoms with Gasteiger partial charge in [0.2, 0.25) is 0 Å². The van der Waals surface area contributed by atoms with Gasteiger partial charge in [-0.15, -0.1) is 49.6 Å². The van der Waals surface area contributed by atoms with Crippen LogP contribution in [0, 0.1) is 0 Å². The first-order valence-corrected chi connectivity index (χ1v) is 40.0. The van der Waals surface area contributed by atoms with Crippen LogP contribution in [-0.4, -0.2) is 144 Å². The third-order valence-corrected chi connectivity index (χ3v) is 22.4. The number of carbonyl (C=O) groups is 9. The number of halogens is 4. The van der Waals surface area contributed by atoms with E-state index in [1.54, 1.807) is 55.4 Å². The molecule has 612 valence electrons. The number of nitrogens with one attached hydrogen (secondary N) is 2. The molecule has 0 aliphatic carbocycles. The summed E-state index contributed by atoms with van der Waals surface area (Å²) in [5.41, 5.74) is 14.5. The van der Waals surface area contributed by atoms with Crippen LogP contribution in [0.5, 0.6) is 0 Å². The van der Waals surface area contributed by atoms with Gasteiger partial charge in [-0.05, 0) is 286 Å². The normalized spacial score (nSPS) is 14.3. The van der Waals surface area contributed by atoms with Crippen molar-refractivity contribution in [1.29, 1.82) is 0 Å². The minimum absolute atomic E-state index is 0. The molecule has 0 amide bonds. The number of Topliss-reactive ketones (excluding diaryl/α,β-unsaturated/α-hetero) is 9. The topological polar surface area (TPSA) is 204 Å². The first-order valence-electron chi connectivity index (χ1n) is 40.0. The number of likely N-dealkylation sites (tertiary alicyclic amines) is 2. The number of hydrogen-bond acceptors (Lipinski definition) is 13. The minimum Gasteiger partial charge on any atom is -0.340 e. The number of piperidine rings is 2. The molecule has 8 aromatic carbocycles. The molecular formula is C94H114Cl4N8O9. The van der Waals surface area contributed by atoms with Crippen LogP contribution in [-0.2, 0) is 31.0 Å². The van der Waals surface area contributed by atoms with Crippen molar-refractivity contribution < 1.29 is 43.2 Å². The second-order valence-electron chi connectivity index (χ2n) is 30.9. The maximum absolute atomic E-state index is 11.9. The number of ketones is 9. The molecule has 2 fully saturated rings. The Morgan fingerprint density at radius 3 is 0.835 bits per heavy atom. The molecular weight excluding hydrogens is 1530 g/mol. The summed E-state index contributed by atoms with van der Waals surface area (Å²) < 4.78 is 9.23. The number of aromatic nitrogens is 4. The largest absolute Gasteiger partial charge is 0.340 e. The molecule has 4 aromatic heterocycles. The van der Waals surface area contributed by atoms with Crippen molar-refractivity contribution in [3.8, 4) is 0 Å². The van der Waals surface area contributed by atoms with Gasteiger partial charge in [-0.3, -0.25) is 48.1 Å². The highest BCUT2D eigenvalue weighted by atomic mass is 35.5. The molecule has 0 saturated carbocycles. The molecule has 0 spiro atoms. The number of fused-ring (bicyclic) bond motifs is 12. The molecule has 2 saturated heterocycles. The number of nitrogens with zero attached hydrogens (tertiary/aromatic N) is 6. The number of rotatable bonds is 27. The average Bonchev–Trinajstić information content (AvgIpc) is 1.62. The second-order valence-corrected chi connectivity index (χ2v) is 30.9. The Bertz CT molecular complexity index is 5270. The predicted octanol–water partition coefficient (Wildman–Crippen LogP) is 21.0. The van der Waals surface area contributed by atoms with E-state index in [2.05, 4.69) is 85.5 Å². The van der Waals surface area contributed by atoms with Gasteiger partial charge in [0.15, 0.2) is 46.3 Å². The van der Waals surface area contributed by atoms with Crippen molar-refractivity contribution in [3.63, 3.8) is 0 Å². The number of hydrogen-bond donors (Lipinski definition) is 2. The fraction of sp³-hybridized carbons (Fsp3) is 0.394. The second kappa shape index (κ2) is 42.2. The van der Waals surface area contributed by atoms with E-state index in [1.165, 1.54) is 19.3 Å². The lowest BCUT2D eigenvalue weighted by molar-refractivity contribution is -0.121. The molecule has 0 bridgehead atoms. The van der Waals surface area contributed by atoms with E-state index in [1.807, 2.05) is 133 Å². The van der Waals surface area contributed by atoms with E-state index in [-0.39, 0.29) is 95.9 Å². The quantitative estimate of drug-likeness (QED) is 0.0364. The summed E-state index contributed by atoms with van der Waals surface area (Å²) in [6.07, 6.45) is 10.5. The Morgan fingerprint density at radius 2 is 0.591 bits per heavy atom. The van der Waals surface area contributed by atoms with Crippen molar-refractivity contribution in [2.45, 2.75) is 199 Å². The van der Waals surface area contributed by atoms with Gasteiger partial charge in [0.1, 0.15) is 5.78 Å². The fourth-order valence-corrected chi connectivity index (χ4v) is 16.2. The molecule has 2 aliphatic rings. The Hall–Kier alpha value is -9.01. The van der Waals surface area contributed by atoms with Gasteiger partial charge < -0.3 is 33.8 Å². The van der Waals surface area contributed by atoms with E-state index in [9.17, 15) is 43.2 Å². The smallest absolute Gasteiger partial charge is 0.159 e. The highest BCUT2D eigenvalue weighted by Crippen LogP contribution is 2.37. The third-order valence-electron chi connectivity index (χ3n) is 22.4. The van der Waals surface area contributed by atoms with Gasteiger partial charge in [0.05, 0.1) is 0 Å². The van der Waals surface area contributed by atoms with Crippen LogP contribution < -0.4 is 10.6 Å². The first-order chi connectivity index (χ1) is 53.2. The fourth-order valence-electron chi connectivity index (χ4n) is 16.2. The monoisotopic (exact) mass is 1640 g/mol. The SMILES string of the molecule is CC(=O)c1ccc2c(c1)c1cc(C(C)=O)ccc1n2CCCN1CCC(=O)CC1.CC(=O)c1ccc2c(c1)c1cc(C(C)=O)ccc1n2CCCN1[C@H](C)CCC[C@@H]1C.CC(=O)c1ccc2c(c1)c1cc(C(C)=O)ccc1n2CCCNC(C)C.CCCNCCCn1c2ccc(C(C)=O)cc2c2cc(C(C)=O)ccc21.Cl.Cl.Cl.Cl. The highest BCUT2D eigenvalue weighted by molar-refractivity contribution is 6.17. The molecule has 115 heavy (non-hydrogen) atoms. The number of carbonyl (C=O) groups excluding carboxylic acids is 9. The average molecular weight is 1640 g/mol. The van der Waals surface area contributed by atoms with Crippen molar-refractivity contribution in [2.75, 3.05) is 45.8 Å². The molecule has 0 radical (unpaired) electrons. The summed E-state index contributed by atoms with van der Waals surface area (Å²) in [5.74, 6) is 0.783. The molecule has 2 N–H and O–H groups in total. The third kappa shape index (κ3) is 22.0. The van der Waals surface area contributed by atoms with Crippen LogP contribution in [0.3, 0.4) is 0 Å². The lowest BCUT2D eigenvalue weighted by atomic mass is 9.97. The van der Waals surface area contributed by atoms with Crippen molar-refractivity contribution in [1.82, 2.24) is 38.7 Å². The van der Waals surface area contributed by atoms with Crippen molar-refractivity contribution >= 4 is 189 Å². The summed E-state index contributed by atoms with van der Waals surface area (Å²) in [6.45, 7) is 34.1. The van der Waals surface area contributed by atoms with Crippen LogP contribution in [0.1, 0.15) is 237 Å². The predicted molar refractivity (Wildman–Crippen MR) is 482 cm³/mol. The molecule has 2 atom stereocenters. The standard InChI is InChI=1S/C26H32N2O2.C24H26N2O3.2C22H26N2O2.4ClH/c1-17-7-5-8-18(2)27(17)13-6-14-28-25-11-9-21(19(3)29)15-23(25)24-16-22(20(4)30)10-12-26(24)28;1-16(27)18-4-6-23-21(14-18)22-15-19(17(2)28)5-7-24(22)26(23)11-3-10-25-12-8-20(29)9-13-25;1-14(2)23-10-5-11-24-21-8-6-17(15(3)25)12-19(21)20-13-18(16(4)26)7-9-22(20)24;1-4-10-23-11-5-12-24-21-8-6-17(15(2)25)13-19(21)20-14-18(16(3)26)7-9-22(20)24;;;;/h9-12,15-18H,5-8,13-14H2,1-4H3;4-7,14-15H,3,8-13H2,1-2H3;6-9,12-14,23H,5,10-11H2,1-4H3;6-9,13-14,23H,4-5,10-12H2,1-3H3;4*1H/t17-,18+;;;;;;;. The van der Waals surface area contributed by atoms with E-state index in [0.717, 1.165) is 191 Å². The summed E-state index contributed by atoms with van der Waals surface area (Å²) in [6, 6.07) is 48.8. The first kappa shape index (κ1) is 93.2. The molecule has 21 heteroatoms. The Labute approximate surface area is 700 Å². The lowest BCUT2D eigenvalue weighted by Gasteiger charge is -2.39. The minimum atomic E-state index is 0. The molecule has 6 heterocycles. The van der Waals surface area contributed by atoms with Crippen molar-refractivity contribution in [3.05, 3.63) is 190 Å². The van der Waals surface area contributed by atoms with E-state index < -0.39 is 0 Å². The van der Waals surface area contributed by atoms with E-state index >= 15 is 0 Å². The lowest BCUT2D eigenvalue weighted by Crippen LogP contribution is -2.44. The van der Waals surface area contributed by atoms with Gasteiger partial charge in [-0.1, -0.05) is 27.2 Å². The summed E-state index contributed by atoms with van der Waals surface area (Å²) >= 11 is 0. The van der Waals surface area contributed by atoms with Crippen molar-refractivity contribution in [2.24, 2.45) is 0 Å². The molecule has 0 unspecified atom stereocenters. The Morgan fingerprint density at radius 1 is 0.348 bits per heavy atom. The zero-order valence-electron chi connectivity index (χ0n) is 68.9. The Kier molecular flexibility index (Phi) is 34.2. The molecule has 12 aromatic rings. The molecule has 17 nitrogen and oxygen atoms in total. The van der Waals surface area contributed by atoms with Crippen LogP contribution in [0.4, 0.5) is 0 Å². The van der Waals surface area contributed by atoms with Gasteiger partial charge in [-0.2, -0.15) is 0 Å². The van der Waals surface area contributed by atoms with Gasteiger partial charge >= 0.3 is 0 Å². The van der Waals surface area contributed by atoms with E-state index in [4.69, 9.17) is 0 Å². The number of aryl methyl sites for hydroxylation is 4. The van der Waals surface area contributed by atoms with Crippen LogP contribution in [0.25, 0.3) is 87.2 Å². The van der Waals surface area contributed by atoms with Gasteiger partial charge in [0.25, 0.3) is 0 Å². The summed E-state index contributed by atoms with van der Waals surface area (Å²) in [4.78, 5) is 111. The Balaban J connectivity index is 0.000000210. The maximum Gasteiger partial charge on any atom is 0.159 e. The molecule has 14 rings (SSSR count). The summed E-state index contributed by atoms with van der Waals surface area (Å²) in [7, 11) is 0. The number of benzene rings is 8. The van der Waals surface area contributed by atoms with Crippen LogP contribution in [0.2, 0.25) is 0 Å². The van der Waals surface area contributed by atoms with Crippen LogP contribution in [0.15, 0.2) is 146 Å². The van der Waals surface area contributed by atoms with Gasteiger partial charge in [-0.25, -0.2) is 0 Å². The van der Waals surface area contributed by atoms with E-state index in [0.29, 0.717) is 81.3 Å². The zero-order chi connectivity index (χ0) is 79.5.